The van der Waals surface area contributed by atoms with E-state index >= 15 is 0 Å². The highest BCUT2D eigenvalue weighted by Crippen LogP contribution is 2.19. The van der Waals surface area contributed by atoms with Crippen molar-refractivity contribution in [2.45, 2.75) is 0 Å². The van der Waals surface area contributed by atoms with Crippen LogP contribution in [0.4, 0.5) is 0 Å². The van der Waals surface area contributed by atoms with Crippen LogP contribution in [0.2, 0.25) is 0 Å². The van der Waals surface area contributed by atoms with Crippen LogP contribution < -0.4 is 15.5 Å². The summed E-state index contributed by atoms with van der Waals surface area (Å²) in [5.41, 5.74) is 0.0809. The number of fused-ring (bicyclic) bond motifs is 1. The van der Waals surface area contributed by atoms with Crippen molar-refractivity contribution >= 4 is 16.9 Å². The number of carbonyl (C=O) groups is 1. The number of benzene rings is 1. The molecule has 7 heteroatoms. The van der Waals surface area contributed by atoms with E-state index < -0.39 is 5.91 Å². The quantitative estimate of drug-likeness (QED) is 0.875. The highest BCUT2D eigenvalue weighted by molar-refractivity contribution is 5.93. The van der Waals surface area contributed by atoms with Crippen LogP contribution in [0.3, 0.4) is 0 Å². The van der Waals surface area contributed by atoms with E-state index in [9.17, 15) is 9.59 Å². The third kappa shape index (κ3) is 3.74. The van der Waals surface area contributed by atoms with Gasteiger partial charge >= 0.3 is 0 Å². The summed E-state index contributed by atoms with van der Waals surface area (Å²) in [4.78, 5) is 26.6. The van der Waals surface area contributed by atoms with Crippen LogP contribution in [-0.2, 0) is 4.74 Å². The van der Waals surface area contributed by atoms with Crippen LogP contribution in [-0.4, -0.2) is 57.3 Å². The van der Waals surface area contributed by atoms with Gasteiger partial charge < -0.3 is 19.2 Å². The highest BCUT2D eigenvalue weighted by Gasteiger charge is 2.14. The molecule has 24 heavy (non-hydrogen) atoms. The number of hydrogen-bond donors (Lipinski definition) is 1. The summed E-state index contributed by atoms with van der Waals surface area (Å²) in [7, 11) is 1.53. The summed E-state index contributed by atoms with van der Waals surface area (Å²) in [5, 5.41) is 3.20. The van der Waals surface area contributed by atoms with Crippen molar-refractivity contribution in [2.24, 2.45) is 0 Å². The molecule has 3 rings (SSSR count). The Bertz CT molecular complexity index is 780. The van der Waals surface area contributed by atoms with Crippen LogP contribution in [0, 0.1) is 0 Å². The van der Waals surface area contributed by atoms with E-state index in [4.69, 9.17) is 13.9 Å². The molecule has 1 aromatic carbocycles. The maximum Gasteiger partial charge on any atom is 0.287 e. The van der Waals surface area contributed by atoms with Gasteiger partial charge in [-0.05, 0) is 12.1 Å². The Morgan fingerprint density at radius 2 is 2.08 bits per heavy atom. The van der Waals surface area contributed by atoms with Crippen LogP contribution in [0.1, 0.15) is 10.6 Å². The normalized spacial score (nSPS) is 15.4. The molecule has 0 bridgehead atoms. The maximum absolute atomic E-state index is 12.2. The second-order valence-electron chi connectivity index (χ2n) is 5.55. The van der Waals surface area contributed by atoms with Gasteiger partial charge in [0.05, 0.1) is 25.7 Å². The number of nitrogens with one attached hydrogen (secondary N) is 1. The van der Waals surface area contributed by atoms with Gasteiger partial charge in [-0.1, -0.05) is 0 Å². The van der Waals surface area contributed by atoms with Gasteiger partial charge in [-0.2, -0.15) is 0 Å². The molecule has 2 aromatic rings. The molecule has 0 aliphatic carbocycles. The van der Waals surface area contributed by atoms with Crippen molar-refractivity contribution in [3.8, 4) is 5.75 Å². The number of morpholine rings is 1. The Morgan fingerprint density at radius 3 is 2.83 bits per heavy atom. The zero-order chi connectivity index (χ0) is 16.9. The molecule has 1 N–H and O–H groups in total. The molecule has 0 spiro atoms. The Balaban J connectivity index is 1.68. The van der Waals surface area contributed by atoms with Gasteiger partial charge in [0.1, 0.15) is 11.3 Å². The second kappa shape index (κ2) is 7.46. The van der Waals surface area contributed by atoms with Gasteiger partial charge in [0.25, 0.3) is 5.91 Å². The van der Waals surface area contributed by atoms with E-state index in [0.29, 0.717) is 23.3 Å². The second-order valence-corrected chi connectivity index (χ2v) is 5.55. The first-order valence-corrected chi connectivity index (χ1v) is 7.87. The fourth-order valence-electron chi connectivity index (χ4n) is 2.61. The third-order valence-electron chi connectivity index (χ3n) is 3.98. The van der Waals surface area contributed by atoms with Gasteiger partial charge in [0.2, 0.25) is 0 Å². The van der Waals surface area contributed by atoms with E-state index in [1.54, 1.807) is 18.2 Å². The molecule has 128 valence electrons. The van der Waals surface area contributed by atoms with Crippen molar-refractivity contribution in [3.63, 3.8) is 0 Å². The van der Waals surface area contributed by atoms with Crippen molar-refractivity contribution in [1.82, 2.24) is 10.2 Å². The molecule has 1 amide bonds. The van der Waals surface area contributed by atoms with E-state index in [0.717, 1.165) is 32.8 Å². The van der Waals surface area contributed by atoms with Gasteiger partial charge in [0, 0.05) is 38.3 Å². The highest BCUT2D eigenvalue weighted by atomic mass is 16.5. The predicted molar refractivity (Wildman–Crippen MR) is 88.6 cm³/mol. The minimum Gasteiger partial charge on any atom is -0.497 e. The van der Waals surface area contributed by atoms with E-state index in [2.05, 4.69) is 10.2 Å². The standard InChI is InChI=1S/C17H20N2O5/c1-22-12-2-3-13-14(20)11-16(24-15(13)10-12)17(21)18-4-5-19-6-8-23-9-7-19/h2-3,10-11H,4-9H2,1H3,(H,18,21). The first-order valence-electron chi connectivity index (χ1n) is 7.87. The molecular weight excluding hydrogens is 312 g/mol. The Labute approximate surface area is 139 Å². The van der Waals surface area contributed by atoms with Crippen LogP contribution in [0.25, 0.3) is 11.0 Å². The van der Waals surface area contributed by atoms with E-state index in [1.807, 2.05) is 0 Å². The van der Waals surface area contributed by atoms with Crippen molar-refractivity contribution in [2.75, 3.05) is 46.5 Å². The fourth-order valence-corrected chi connectivity index (χ4v) is 2.61. The summed E-state index contributed by atoms with van der Waals surface area (Å²) >= 11 is 0. The lowest BCUT2D eigenvalue weighted by Gasteiger charge is -2.26. The number of methoxy groups -OCH3 is 1. The Morgan fingerprint density at radius 1 is 1.29 bits per heavy atom. The molecule has 1 saturated heterocycles. The number of nitrogens with zero attached hydrogens (tertiary/aromatic N) is 1. The molecule has 2 heterocycles. The molecule has 7 nitrogen and oxygen atoms in total. The van der Waals surface area contributed by atoms with Crippen LogP contribution >= 0.6 is 0 Å². The summed E-state index contributed by atoms with van der Waals surface area (Å²) in [6.07, 6.45) is 0. The number of amides is 1. The van der Waals surface area contributed by atoms with Gasteiger partial charge in [0.15, 0.2) is 11.2 Å². The zero-order valence-corrected chi connectivity index (χ0v) is 13.5. The predicted octanol–water partition coefficient (Wildman–Crippen LogP) is 0.864. The van der Waals surface area contributed by atoms with Crippen molar-refractivity contribution < 1.29 is 18.7 Å². The first kappa shape index (κ1) is 16.5. The van der Waals surface area contributed by atoms with Gasteiger partial charge in [-0.3, -0.25) is 14.5 Å². The molecule has 0 radical (unpaired) electrons. The van der Waals surface area contributed by atoms with Gasteiger partial charge in [-0.15, -0.1) is 0 Å². The smallest absolute Gasteiger partial charge is 0.287 e. The average Bonchev–Trinajstić information content (AvgIpc) is 2.62. The first-order chi connectivity index (χ1) is 11.7. The molecule has 0 saturated carbocycles. The minimum atomic E-state index is -0.398. The zero-order valence-electron chi connectivity index (χ0n) is 13.5. The topological polar surface area (TPSA) is 81.0 Å². The molecule has 1 aliphatic heterocycles. The van der Waals surface area contributed by atoms with Gasteiger partial charge in [-0.25, -0.2) is 0 Å². The van der Waals surface area contributed by atoms with Crippen molar-refractivity contribution in [3.05, 3.63) is 40.2 Å². The van der Waals surface area contributed by atoms with Crippen LogP contribution in [0.5, 0.6) is 5.75 Å². The number of hydrogen-bond acceptors (Lipinski definition) is 6. The van der Waals surface area contributed by atoms with E-state index in [1.165, 1.54) is 13.2 Å². The summed E-state index contributed by atoms with van der Waals surface area (Å²) in [6, 6.07) is 6.13. The molecule has 0 atom stereocenters. The third-order valence-corrected chi connectivity index (χ3v) is 3.98. The summed E-state index contributed by atoms with van der Waals surface area (Å²) in [6.45, 7) is 4.38. The molecular formula is C17H20N2O5. The number of ether oxygens (including phenoxy) is 2. The minimum absolute atomic E-state index is 0.00253. The van der Waals surface area contributed by atoms with Crippen molar-refractivity contribution in [1.29, 1.82) is 0 Å². The largest absolute Gasteiger partial charge is 0.497 e. The molecule has 1 aromatic heterocycles. The lowest BCUT2D eigenvalue weighted by molar-refractivity contribution is 0.0382. The van der Waals surface area contributed by atoms with E-state index in [-0.39, 0.29) is 11.2 Å². The monoisotopic (exact) mass is 332 g/mol. The summed E-state index contributed by atoms with van der Waals surface area (Å²) < 4.78 is 16.0. The SMILES string of the molecule is COc1ccc2c(=O)cc(C(=O)NCCN3CCOCC3)oc2c1. The summed E-state index contributed by atoms with van der Waals surface area (Å²) in [5.74, 6) is 0.170. The number of carbonyl (C=O) groups excluding carboxylic acids is 1. The molecule has 0 unspecified atom stereocenters. The molecule has 1 fully saturated rings. The lowest BCUT2D eigenvalue weighted by atomic mass is 10.2. The number of rotatable bonds is 5. The lowest BCUT2D eigenvalue weighted by Crippen LogP contribution is -2.41. The Hall–Kier alpha value is -2.38. The fraction of sp³-hybridized carbons (Fsp3) is 0.412. The Kier molecular flexibility index (Phi) is 5.12. The average molecular weight is 332 g/mol. The molecule has 1 aliphatic rings. The van der Waals surface area contributed by atoms with Crippen LogP contribution in [0.15, 0.2) is 33.5 Å². The maximum atomic E-state index is 12.2.